The predicted molar refractivity (Wildman–Crippen MR) is 110 cm³/mol. The fourth-order valence-electron chi connectivity index (χ4n) is 3.01. The van der Waals surface area contributed by atoms with Gasteiger partial charge in [0.05, 0.1) is 4.91 Å². The van der Waals surface area contributed by atoms with Crippen molar-refractivity contribution in [2.24, 2.45) is 4.99 Å². The van der Waals surface area contributed by atoms with Gasteiger partial charge in [-0.3, -0.25) is 4.79 Å². The lowest BCUT2D eigenvalue weighted by atomic mass is 10.2. The molecule has 1 fully saturated rings. The third-order valence-electron chi connectivity index (χ3n) is 4.42. The van der Waals surface area contributed by atoms with E-state index in [1.807, 2.05) is 0 Å². The van der Waals surface area contributed by atoms with Gasteiger partial charge in [-0.15, -0.1) is 0 Å². The third-order valence-corrected chi connectivity index (χ3v) is 6.72. The van der Waals surface area contributed by atoms with E-state index in [2.05, 4.69) is 9.89 Å². The van der Waals surface area contributed by atoms with Gasteiger partial charge in [0.25, 0.3) is 5.91 Å². The third kappa shape index (κ3) is 3.98. The number of carbonyl (C=O) groups is 1. The summed E-state index contributed by atoms with van der Waals surface area (Å²) in [5.41, 5.74) is 0.510. The van der Waals surface area contributed by atoms with Crippen LogP contribution in [0, 0.1) is 0 Å². The van der Waals surface area contributed by atoms with Crippen molar-refractivity contribution in [3.05, 3.63) is 65.1 Å². The number of thioether (sulfide) groups is 1. The SMILES string of the molecule is O=C1N=C(N2CCCC2)S/C1=C/c1ccccc1OS(=O)(=O)c1ccccc1. The maximum absolute atomic E-state index is 12.5. The van der Waals surface area contributed by atoms with E-state index in [0.717, 1.165) is 25.9 Å². The number of para-hydroxylation sites is 1. The second kappa shape index (κ2) is 7.81. The molecule has 0 bridgehead atoms. The summed E-state index contributed by atoms with van der Waals surface area (Å²) in [6.45, 7) is 1.81. The molecule has 0 radical (unpaired) electrons. The van der Waals surface area contributed by atoms with Gasteiger partial charge in [0.1, 0.15) is 10.6 Å². The summed E-state index contributed by atoms with van der Waals surface area (Å²) in [6, 6.07) is 14.7. The van der Waals surface area contributed by atoms with Crippen LogP contribution in [0.1, 0.15) is 18.4 Å². The van der Waals surface area contributed by atoms with Gasteiger partial charge >= 0.3 is 10.1 Å². The van der Waals surface area contributed by atoms with E-state index in [9.17, 15) is 13.2 Å². The minimum Gasteiger partial charge on any atom is -0.378 e. The molecular formula is C20H18N2O4S2. The maximum atomic E-state index is 12.5. The number of aliphatic imine (C=N–C) groups is 1. The summed E-state index contributed by atoms with van der Waals surface area (Å²) in [4.78, 5) is 19.1. The molecule has 0 unspecified atom stereocenters. The highest BCUT2D eigenvalue weighted by atomic mass is 32.2. The Balaban J connectivity index is 1.59. The Hall–Kier alpha value is -2.58. The number of benzene rings is 2. The van der Waals surface area contributed by atoms with Crippen LogP contribution in [0.3, 0.4) is 0 Å². The standard InChI is InChI=1S/C20H18N2O4S2/c23-19-18(27-20(21-19)22-12-6-7-13-22)14-15-8-4-5-11-17(15)26-28(24,25)16-9-2-1-3-10-16/h1-5,8-11,14H,6-7,12-13H2/b18-14+. The average Bonchev–Trinajstić information content (AvgIpc) is 3.34. The Labute approximate surface area is 168 Å². The van der Waals surface area contributed by atoms with Gasteiger partial charge in [-0.25, -0.2) is 0 Å². The summed E-state index contributed by atoms with van der Waals surface area (Å²) in [5.74, 6) is -0.144. The second-order valence-corrected chi connectivity index (χ2v) is 8.95. The highest BCUT2D eigenvalue weighted by molar-refractivity contribution is 8.18. The Morgan fingerprint density at radius 2 is 1.68 bits per heavy atom. The molecule has 0 atom stereocenters. The van der Waals surface area contributed by atoms with Crippen molar-refractivity contribution in [1.29, 1.82) is 0 Å². The van der Waals surface area contributed by atoms with E-state index < -0.39 is 10.1 Å². The number of likely N-dealkylation sites (tertiary alicyclic amines) is 1. The van der Waals surface area contributed by atoms with Crippen molar-refractivity contribution in [1.82, 2.24) is 4.90 Å². The number of nitrogens with zero attached hydrogens (tertiary/aromatic N) is 2. The summed E-state index contributed by atoms with van der Waals surface area (Å²) < 4.78 is 30.4. The number of hydrogen-bond acceptors (Lipinski definition) is 6. The number of hydrogen-bond donors (Lipinski definition) is 0. The van der Waals surface area contributed by atoms with Gasteiger partial charge in [0.15, 0.2) is 5.17 Å². The molecule has 8 heteroatoms. The van der Waals surface area contributed by atoms with E-state index in [-0.39, 0.29) is 16.6 Å². The van der Waals surface area contributed by atoms with Crippen LogP contribution in [0.25, 0.3) is 6.08 Å². The number of carbonyl (C=O) groups excluding carboxylic acids is 1. The molecule has 144 valence electrons. The number of amides is 1. The average molecular weight is 415 g/mol. The Morgan fingerprint density at radius 1 is 1.00 bits per heavy atom. The van der Waals surface area contributed by atoms with Crippen molar-refractivity contribution in [2.45, 2.75) is 17.7 Å². The van der Waals surface area contributed by atoms with Crippen LogP contribution < -0.4 is 4.18 Å². The van der Waals surface area contributed by atoms with E-state index in [4.69, 9.17) is 4.18 Å². The summed E-state index contributed by atoms with van der Waals surface area (Å²) in [5, 5.41) is 0.712. The first-order valence-electron chi connectivity index (χ1n) is 8.89. The minimum absolute atomic E-state index is 0.0726. The van der Waals surface area contributed by atoms with Crippen LogP contribution in [-0.4, -0.2) is 37.5 Å². The number of rotatable bonds is 4. The van der Waals surface area contributed by atoms with Crippen LogP contribution in [0.15, 0.2) is 69.4 Å². The molecule has 2 aliphatic heterocycles. The molecule has 0 saturated carbocycles. The Kier molecular flexibility index (Phi) is 5.23. The molecule has 2 aromatic carbocycles. The van der Waals surface area contributed by atoms with Gasteiger partial charge in [0, 0.05) is 18.7 Å². The van der Waals surface area contributed by atoms with Crippen molar-refractivity contribution < 1.29 is 17.4 Å². The minimum atomic E-state index is -3.96. The molecule has 6 nitrogen and oxygen atoms in total. The first-order valence-corrected chi connectivity index (χ1v) is 11.1. The molecular weight excluding hydrogens is 396 g/mol. The van der Waals surface area contributed by atoms with Crippen LogP contribution in [0.2, 0.25) is 0 Å². The zero-order valence-electron chi connectivity index (χ0n) is 14.9. The van der Waals surface area contributed by atoms with E-state index in [1.165, 1.54) is 23.9 Å². The van der Waals surface area contributed by atoms with Crippen molar-refractivity contribution in [2.75, 3.05) is 13.1 Å². The van der Waals surface area contributed by atoms with Crippen LogP contribution in [0.4, 0.5) is 0 Å². The van der Waals surface area contributed by atoms with Crippen LogP contribution in [-0.2, 0) is 14.9 Å². The summed E-state index contributed by atoms with van der Waals surface area (Å²) >= 11 is 1.32. The molecule has 0 aromatic heterocycles. The lowest BCUT2D eigenvalue weighted by Crippen LogP contribution is -2.23. The van der Waals surface area contributed by atoms with E-state index in [0.29, 0.717) is 15.6 Å². The topological polar surface area (TPSA) is 76.0 Å². The molecule has 0 aliphatic carbocycles. The second-order valence-electron chi connectivity index (χ2n) is 6.39. The van der Waals surface area contributed by atoms with Crippen molar-refractivity contribution >= 4 is 39.0 Å². The molecule has 4 rings (SSSR count). The quantitative estimate of drug-likeness (QED) is 0.563. The smallest absolute Gasteiger partial charge is 0.339 e. The highest BCUT2D eigenvalue weighted by Gasteiger charge is 2.28. The zero-order chi connectivity index (χ0) is 19.6. The molecule has 2 heterocycles. The van der Waals surface area contributed by atoms with Crippen molar-refractivity contribution in [3.63, 3.8) is 0 Å². The Morgan fingerprint density at radius 3 is 2.43 bits per heavy atom. The Bertz CT molecular complexity index is 1060. The summed E-state index contributed by atoms with van der Waals surface area (Å²) in [7, 11) is -3.96. The van der Waals surface area contributed by atoms with Gasteiger partial charge in [-0.2, -0.15) is 13.4 Å². The monoisotopic (exact) mass is 414 g/mol. The van der Waals surface area contributed by atoms with E-state index in [1.54, 1.807) is 48.5 Å². The first kappa shape index (κ1) is 18.8. The van der Waals surface area contributed by atoms with Gasteiger partial charge in [0.2, 0.25) is 0 Å². The van der Waals surface area contributed by atoms with Gasteiger partial charge in [-0.1, -0.05) is 36.4 Å². The van der Waals surface area contributed by atoms with E-state index >= 15 is 0 Å². The molecule has 0 spiro atoms. The predicted octanol–water partition coefficient (Wildman–Crippen LogP) is 3.52. The van der Waals surface area contributed by atoms with Gasteiger partial charge < -0.3 is 9.08 Å². The first-order chi connectivity index (χ1) is 13.5. The highest BCUT2D eigenvalue weighted by Crippen LogP contribution is 2.34. The molecule has 0 N–H and O–H groups in total. The lowest BCUT2D eigenvalue weighted by molar-refractivity contribution is -0.113. The fraction of sp³-hybridized carbons (Fsp3) is 0.200. The van der Waals surface area contributed by atoms with Gasteiger partial charge in [-0.05, 0) is 48.9 Å². The molecule has 1 saturated heterocycles. The molecule has 2 aromatic rings. The maximum Gasteiger partial charge on any atom is 0.339 e. The van der Waals surface area contributed by atoms with Crippen LogP contribution in [0.5, 0.6) is 5.75 Å². The molecule has 1 amide bonds. The van der Waals surface area contributed by atoms with Crippen molar-refractivity contribution in [3.8, 4) is 5.75 Å². The largest absolute Gasteiger partial charge is 0.378 e. The molecule has 28 heavy (non-hydrogen) atoms. The lowest BCUT2D eigenvalue weighted by Gasteiger charge is -2.14. The summed E-state index contributed by atoms with van der Waals surface area (Å²) in [6.07, 6.45) is 3.83. The van der Waals surface area contributed by atoms with Crippen LogP contribution >= 0.6 is 11.8 Å². The molecule has 2 aliphatic rings. The number of amidine groups is 1. The zero-order valence-corrected chi connectivity index (χ0v) is 16.6. The fourth-order valence-corrected chi connectivity index (χ4v) is 4.94. The normalized spacial score (nSPS) is 18.6.